The lowest BCUT2D eigenvalue weighted by molar-refractivity contribution is 1.21. The van der Waals surface area contributed by atoms with Gasteiger partial charge in [-0.1, -0.05) is 101 Å². The summed E-state index contributed by atoms with van der Waals surface area (Å²) in [6, 6.07) is 11.5. The fourth-order valence-electron chi connectivity index (χ4n) is 5.97. The third-order valence-electron chi connectivity index (χ3n) is 5.14. The molecule has 0 nitrogen and oxygen atoms in total. The zero-order valence-corrected chi connectivity index (χ0v) is 19.9. The first-order chi connectivity index (χ1) is 9.27. The molecule has 0 saturated carbocycles. The second-order valence-electron chi connectivity index (χ2n) is 9.49. The monoisotopic (exact) mass is 351 g/mol. The minimum absolute atomic E-state index is 0.552. The second kappa shape index (κ2) is 5.94. The first-order valence-electron chi connectivity index (χ1n) is 8.16. The lowest BCUT2D eigenvalue weighted by atomic mass is 10.4. The Morgan fingerprint density at radius 2 is 1.00 bits per heavy atom. The summed E-state index contributed by atoms with van der Waals surface area (Å²) in [5.41, 5.74) is 0. The van der Waals surface area contributed by atoms with Crippen LogP contribution < -0.4 is 5.19 Å². The van der Waals surface area contributed by atoms with Crippen LogP contribution in [0.15, 0.2) is 30.3 Å². The van der Waals surface area contributed by atoms with E-state index < -0.39 is 33.0 Å². The molecule has 0 bridgehead atoms. The molecule has 0 fully saturated rings. The Labute approximate surface area is 138 Å². The molecule has 0 amide bonds. The van der Waals surface area contributed by atoms with E-state index in [1.54, 1.807) is 5.19 Å². The summed E-state index contributed by atoms with van der Waals surface area (Å²) < 4.78 is 0.693. The molecule has 1 aromatic carbocycles. The molecule has 0 unspecified atom stereocenters. The van der Waals surface area contributed by atoms with E-state index in [-0.39, 0.29) is 0 Å². The van der Waals surface area contributed by atoms with Gasteiger partial charge in [0.15, 0.2) is 0 Å². The Hall–Kier alpha value is 0.0875. The predicted octanol–water partition coefficient (Wildman–Crippen LogP) is 5.39. The van der Waals surface area contributed by atoms with E-state index in [4.69, 9.17) is 0 Å². The molecule has 0 spiro atoms. The van der Waals surface area contributed by atoms with Crippen molar-refractivity contribution in [2.24, 2.45) is 0 Å². The Balaban J connectivity index is 3.67. The topological polar surface area (TPSA) is 0 Å². The van der Waals surface area contributed by atoms with E-state index in [0.29, 0.717) is 3.91 Å². The molecule has 1 aromatic rings. The summed E-state index contributed by atoms with van der Waals surface area (Å²) >= 11 is 0. The van der Waals surface area contributed by atoms with E-state index in [2.05, 4.69) is 95.8 Å². The van der Waals surface area contributed by atoms with Gasteiger partial charge in [0.25, 0.3) is 0 Å². The Bertz CT molecular complexity index is 424. The highest BCUT2D eigenvalue weighted by atomic mass is 28.5. The van der Waals surface area contributed by atoms with Crippen LogP contribution in [0.1, 0.15) is 0 Å². The molecular weight excluding hydrogens is 317 g/mol. The van der Waals surface area contributed by atoms with E-state index in [1.165, 1.54) is 0 Å². The van der Waals surface area contributed by atoms with Gasteiger partial charge in [0, 0.05) is 24.2 Å². The molecule has 4 heteroatoms. The van der Waals surface area contributed by atoms with Gasteiger partial charge in [-0.05, 0) is 3.91 Å². The van der Waals surface area contributed by atoms with Crippen molar-refractivity contribution in [3.63, 3.8) is 0 Å². The van der Waals surface area contributed by atoms with Crippen molar-refractivity contribution in [2.45, 2.75) is 69.4 Å². The molecule has 0 atom stereocenters. The van der Waals surface area contributed by atoms with Gasteiger partial charge in [-0.15, -0.1) is 0 Å². The minimum atomic E-state index is -1.28. The standard InChI is InChI=1S/C17H35Si4/c1-18(16-14-12-11-13-15-16)17(19(2,3)4,20(5,6)7)21(8,9)10/h11-15H,1-10H3. The highest BCUT2D eigenvalue weighted by Crippen LogP contribution is 2.55. The van der Waals surface area contributed by atoms with Gasteiger partial charge in [-0.25, -0.2) is 0 Å². The van der Waals surface area contributed by atoms with Crippen LogP contribution in [0.25, 0.3) is 0 Å². The lowest BCUT2D eigenvalue weighted by Gasteiger charge is -2.62. The number of hydrogen-bond donors (Lipinski definition) is 0. The number of benzene rings is 1. The average Bonchev–Trinajstić information content (AvgIpc) is 2.24. The molecule has 0 aliphatic rings. The fraction of sp³-hybridized carbons (Fsp3) is 0.647. The first kappa shape index (κ1) is 19.1. The summed E-state index contributed by atoms with van der Waals surface area (Å²) in [5.74, 6) is 0. The van der Waals surface area contributed by atoms with Crippen LogP contribution in [-0.2, 0) is 0 Å². The molecule has 1 radical (unpaired) electrons. The van der Waals surface area contributed by atoms with Crippen LogP contribution in [0, 0.1) is 0 Å². The molecule has 119 valence electrons. The molecule has 21 heavy (non-hydrogen) atoms. The number of rotatable bonds is 5. The quantitative estimate of drug-likeness (QED) is 0.624. The molecule has 0 saturated heterocycles. The van der Waals surface area contributed by atoms with E-state index >= 15 is 0 Å². The van der Waals surface area contributed by atoms with Gasteiger partial charge in [-0.2, -0.15) is 0 Å². The third kappa shape index (κ3) is 3.23. The van der Waals surface area contributed by atoms with Crippen LogP contribution in [0.3, 0.4) is 0 Å². The predicted molar refractivity (Wildman–Crippen MR) is 110 cm³/mol. The van der Waals surface area contributed by atoms with Gasteiger partial charge >= 0.3 is 0 Å². The van der Waals surface area contributed by atoms with Crippen molar-refractivity contribution in [3.05, 3.63) is 30.3 Å². The Morgan fingerprint density at radius 1 is 0.667 bits per heavy atom. The third-order valence-corrected chi connectivity index (χ3v) is 37.8. The highest BCUT2D eigenvalue weighted by Gasteiger charge is 2.62. The van der Waals surface area contributed by atoms with Crippen LogP contribution in [0.5, 0.6) is 0 Å². The van der Waals surface area contributed by atoms with Crippen LogP contribution >= 0.6 is 0 Å². The normalized spacial score (nSPS) is 14.6. The second-order valence-corrected chi connectivity index (χ2v) is 30.8. The molecule has 0 aromatic heterocycles. The zero-order chi connectivity index (χ0) is 16.7. The highest BCUT2D eigenvalue weighted by molar-refractivity contribution is 7.27. The smallest absolute Gasteiger partial charge is 0.0698 e. The number of hydrogen-bond acceptors (Lipinski definition) is 0. The van der Waals surface area contributed by atoms with E-state index in [9.17, 15) is 0 Å². The summed E-state index contributed by atoms with van der Waals surface area (Å²) in [6.45, 7) is 26.5. The van der Waals surface area contributed by atoms with Gasteiger partial charge in [-0.3, -0.25) is 0 Å². The van der Waals surface area contributed by atoms with Crippen LogP contribution in [0.2, 0.25) is 69.4 Å². The SMILES string of the molecule is C[Si](c1ccccc1)C([Si](C)(C)C)([Si](C)(C)C)[Si](C)(C)C. The summed E-state index contributed by atoms with van der Waals surface area (Å²) in [7, 11) is -4.41. The largest absolute Gasteiger partial charge is 0.0805 e. The molecule has 1 rings (SSSR count). The van der Waals surface area contributed by atoms with Crippen molar-refractivity contribution < 1.29 is 0 Å². The van der Waals surface area contributed by atoms with E-state index in [1.807, 2.05) is 0 Å². The van der Waals surface area contributed by atoms with Crippen LogP contribution in [-0.4, -0.2) is 33.0 Å². The molecule has 0 aliphatic heterocycles. The molecule has 0 heterocycles. The maximum atomic E-state index is 2.65. The summed E-state index contributed by atoms with van der Waals surface area (Å²) in [4.78, 5) is 0. The first-order valence-corrected chi connectivity index (χ1v) is 20.7. The van der Waals surface area contributed by atoms with Gasteiger partial charge in [0.05, 0.1) is 8.80 Å². The Morgan fingerprint density at radius 3 is 1.29 bits per heavy atom. The fourth-order valence-corrected chi connectivity index (χ4v) is 48.9. The molecular formula is C17H35Si4. The van der Waals surface area contributed by atoms with Gasteiger partial charge < -0.3 is 0 Å². The van der Waals surface area contributed by atoms with E-state index in [0.717, 1.165) is 0 Å². The molecule has 0 aliphatic carbocycles. The van der Waals surface area contributed by atoms with Crippen LogP contribution in [0.4, 0.5) is 0 Å². The van der Waals surface area contributed by atoms with Crippen molar-refractivity contribution in [2.75, 3.05) is 0 Å². The summed E-state index contributed by atoms with van der Waals surface area (Å²) in [6.07, 6.45) is 0. The summed E-state index contributed by atoms with van der Waals surface area (Å²) in [5, 5.41) is 1.66. The maximum Gasteiger partial charge on any atom is 0.0805 e. The van der Waals surface area contributed by atoms with Gasteiger partial charge in [0.1, 0.15) is 0 Å². The average molecular weight is 352 g/mol. The van der Waals surface area contributed by atoms with Crippen molar-refractivity contribution in [1.82, 2.24) is 0 Å². The van der Waals surface area contributed by atoms with Crippen molar-refractivity contribution in [3.8, 4) is 0 Å². The lowest BCUT2D eigenvalue weighted by Crippen LogP contribution is -2.73. The van der Waals surface area contributed by atoms with Crippen molar-refractivity contribution in [1.29, 1.82) is 0 Å². The Kier molecular flexibility index (Phi) is 5.42. The maximum absolute atomic E-state index is 2.65. The minimum Gasteiger partial charge on any atom is -0.0698 e. The van der Waals surface area contributed by atoms with Gasteiger partial charge in [0.2, 0.25) is 0 Å². The van der Waals surface area contributed by atoms with Crippen molar-refractivity contribution >= 4 is 38.2 Å². The molecule has 0 N–H and O–H groups in total. The zero-order valence-electron chi connectivity index (χ0n) is 15.9.